The zero-order valence-corrected chi connectivity index (χ0v) is 19.5. The van der Waals surface area contributed by atoms with Crippen molar-refractivity contribution >= 4 is 11.8 Å². The fourth-order valence-corrected chi connectivity index (χ4v) is 4.45. The van der Waals surface area contributed by atoms with Gasteiger partial charge >= 0.3 is 0 Å². The van der Waals surface area contributed by atoms with E-state index in [-0.39, 0.29) is 0 Å². The highest BCUT2D eigenvalue weighted by Crippen LogP contribution is 2.32. The molecule has 0 atom stereocenters. The van der Waals surface area contributed by atoms with Crippen molar-refractivity contribution in [2.45, 2.75) is 23.9 Å². The van der Waals surface area contributed by atoms with Crippen LogP contribution in [0.4, 0.5) is 0 Å². The standard InChI is InChI=1S/C26H23N5O2S/c1-32-22-15-9-8-14-21(22)24-28-30-26(31(24)17-16-19-10-4-2-5-11-19)34-18-23-27-29-25(33-23)20-12-6-3-7-13-20/h2-15H,16-18H2,1H3. The van der Waals surface area contributed by atoms with E-state index in [4.69, 9.17) is 9.15 Å². The molecule has 8 heteroatoms. The van der Waals surface area contributed by atoms with Gasteiger partial charge in [0.2, 0.25) is 11.8 Å². The van der Waals surface area contributed by atoms with Gasteiger partial charge in [0.05, 0.1) is 18.4 Å². The molecule has 0 bridgehead atoms. The molecule has 0 N–H and O–H groups in total. The van der Waals surface area contributed by atoms with Crippen LogP contribution in [-0.4, -0.2) is 32.1 Å². The van der Waals surface area contributed by atoms with Crippen molar-refractivity contribution in [3.63, 3.8) is 0 Å². The van der Waals surface area contributed by atoms with E-state index in [0.717, 1.165) is 40.8 Å². The number of hydrogen-bond donors (Lipinski definition) is 0. The van der Waals surface area contributed by atoms with Crippen molar-refractivity contribution < 1.29 is 9.15 Å². The van der Waals surface area contributed by atoms with Crippen molar-refractivity contribution in [2.75, 3.05) is 7.11 Å². The number of benzene rings is 3. The molecule has 34 heavy (non-hydrogen) atoms. The van der Waals surface area contributed by atoms with Crippen LogP contribution in [0.1, 0.15) is 11.5 Å². The first-order chi connectivity index (χ1) is 16.8. The molecule has 3 aromatic carbocycles. The lowest BCUT2D eigenvalue weighted by molar-refractivity contribution is 0.415. The molecular weight excluding hydrogens is 446 g/mol. The molecule has 2 heterocycles. The van der Waals surface area contributed by atoms with Gasteiger partial charge in [-0.2, -0.15) is 0 Å². The van der Waals surface area contributed by atoms with E-state index in [9.17, 15) is 0 Å². The van der Waals surface area contributed by atoms with E-state index in [2.05, 4.69) is 49.2 Å². The minimum Gasteiger partial charge on any atom is -0.496 e. The van der Waals surface area contributed by atoms with Crippen molar-refractivity contribution in [3.05, 3.63) is 96.4 Å². The minimum absolute atomic E-state index is 0.495. The number of thioether (sulfide) groups is 1. The summed E-state index contributed by atoms with van der Waals surface area (Å²) in [5, 5.41) is 18.2. The molecule has 0 saturated heterocycles. The number of rotatable bonds is 9. The summed E-state index contributed by atoms with van der Waals surface area (Å²) < 4.78 is 13.6. The Labute approximate surface area is 201 Å². The summed E-state index contributed by atoms with van der Waals surface area (Å²) in [5.74, 6) is 3.08. The van der Waals surface area contributed by atoms with Gasteiger partial charge in [-0.05, 0) is 36.2 Å². The normalized spacial score (nSPS) is 11.0. The van der Waals surface area contributed by atoms with Crippen LogP contribution in [0.2, 0.25) is 0 Å². The number of aromatic nitrogens is 5. The Balaban J connectivity index is 1.40. The van der Waals surface area contributed by atoms with E-state index in [1.807, 2.05) is 60.7 Å². The van der Waals surface area contributed by atoms with Crippen LogP contribution >= 0.6 is 11.8 Å². The first-order valence-electron chi connectivity index (χ1n) is 10.9. The van der Waals surface area contributed by atoms with Crippen LogP contribution in [0, 0.1) is 0 Å². The molecule has 0 radical (unpaired) electrons. The number of para-hydroxylation sites is 1. The molecule has 0 amide bonds. The van der Waals surface area contributed by atoms with E-state index in [1.54, 1.807) is 7.11 Å². The summed E-state index contributed by atoms with van der Waals surface area (Å²) in [6.07, 6.45) is 0.854. The van der Waals surface area contributed by atoms with Crippen molar-refractivity contribution in [1.29, 1.82) is 0 Å². The Morgan fingerprint density at radius 3 is 2.35 bits per heavy atom. The molecule has 7 nitrogen and oxygen atoms in total. The number of nitrogens with zero attached hydrogens (tertiary/aromatic N) is 5. The summed E-state index contributed by atoms with van der Waals surface area (Å²) in [6.45, 7) is 0.728. The topological polar surface area (TPSA) is 78.9 Å². The Hall–Kier alpha value is -3.91. The first-order valence-corrected chi connectivity index (χ1v) is 11.9. The highest BCUT2D eigenvalue weighted by atomic mass is 32.2. The third kappa shape index (κ3) is 4.87. The van der Waals surface area contributed by atoms with Gasteiger partial charge in [-0.25, -0.2) is 0 Å². The number of ether oxygens (including phenoxy) is 1. The number of hydrogen-bond acceptors (Lipinski definition) is 7. The Bertz CT molecular complexity index is 1350. The molecule has 0 fully saturated rings. The van der Waals surface area contributed by atoms with Crippen LogP contribution in [0.15, 0.2) is 94.5 Å². The van der Waals surface area contributed by atoms with E-state index in [1.165, 1.54) is 17.3 Å². The van der Waals surface area contributed by atoms with Crippen LogP contribution in [-0.2, 0) is 18.7 Å². The predicted octanol–water partition coefficient (Wildman–Crippen LogP) is 5.54. The fourth-order valence-electron chi connectivity index (χ4n) is 3.65. The quantitative estimate of drug-likeness (QED) is 0.262. The molecule has 0 spiro atoms. The number of aryl methyl sites for hydroxylation is 1. The SMILES string of the molecule is COc1ccccc1-c1nnc(SCc2nnc(-c3ccccc3)o2)n1CCc1ccccc1. The minimum atomic E-state index is 0.495. The smallest absolute Gasteiger partial charge is 0.247 e. The predicted molar refractivity (Wildman–Crippen MR) is 131 cm³/mol. The third-order valence-electron chi connectivity index (χ3n) is 5.34. The first kappa shape index (κ1) is 21.9. The zero-order valence-electron chi connectivity index (χ0n) is 18.7. The molecular formula is C26H23N5O2S. The third-order valence-corrected chi connectivity index (χ3v) is 6.30. The maximum atomic E-state index is 5.87. The maximum absolute atomic E-state index is 5.87. The van der Waals surface area contributed by atoms with Crippen LogP contribution < -0.4 is 4.74 Å². The summed E-state index contributed by atoms with van der Waals surface area (Å²) in [6, 6.07) is 28.0. The van der Waals surface area contributed by atoms with Gasteiger partial charge in [0, 0.05) is 12.1 Å². The van der Waals surface area contributed by atoms with Gasteiger partial charge in [0.1, 0.15) is 5.75 Å². The zero-order chi connectivity index (χ0) is 23.2. The lowest BCUT2D eigenvalue weighted by Crippen LogP contribution is -2.06. The Morgan fingerprint density at radius 1 is 0.824 bits per heavy atom. The van der Waals surface area contributed by atoms with E-state index >= 15 is 0 Å². The highest BCUT2D eigenvalue weighted by Gasteiger charge is 2.18. The monoisotopic (exact) mass is 469 g/mol. The summed E-state index contributed by atoms with van der Waals surface area (Å²) in [5.41, 5.74) is 3.06. The van der Waals surface area contributed by atoms with Gasteiger partial charge < -0.3 is 13.7 Å². The van der Waals surface area contributed by atoms with Crippen molar-refractivity contribution in [3.8, 4) is 28.6 Å². The molecule has 5 aromatic rings. The van der Waals surface area contributed by atoms with Gasteiger partial charge in [-0.15, -0.1) is 20.4 Å². The van der Waals surface area contributed by atoms with Gasteiger partial charge in [-0.3, -0.25) is 0 Å². The number of methoxy groups -OCH3 is 1. The second-order valence-corrected chi connectivity index (χ2v) is 8.49. The summed E-state index contributed by atoms with van der Waals surface area (Å²) in [7, 11) is 1.67. The second kappa shape index (κ2) is 10.4. The van der Waals surface area contributed by atoms with E-state index < -0.39 is 0 Å². The Morgan fingerprint density at radius 2 is 1.56 bits per heavy atom. The largest absolute Gasteiger partial charge is 0.496 e. The molecule has 2 aromatic heterocycles. The van der Waals surface area contributed by atoms with Gasteiger partial charge in [-0.1, -0.05) is 72.4 Å². The van der Waals surface area contributed by atoms with Crippen LogP contribution in [0.25, 0.3) is 22.8 Å². The second-order valence-electron chi connectivity index (χ2n) is 7.55. The maximum Gasteiger partial charge on any atom is 0.247 e. The molecule has 0 unspecified atom stereocenters. The average molecular weight is 470 g/mol. The molecule has 0 aliphatic rings. The Kier molecular flexibility index (Phi) is 6.67. The van der Waals surface area contributed by atoms with Crippen LogP contribution in [0.5, 0.6) is 5.75 Å². The molecule has 0 aliphatic carbocycles. The average Bonchev–Trinajstić information content (AvgIpc) is 3.54. The molecule has 0 aliphatic heterocycles. The lowest BCUT2D eigenvalue weighted by atomic mass is 10.1. The van der Waals surface area contributed by atoms with Crippen molar-refractivity contribution in [2.24, 2.45) is 0 Å². The summed E-state index contributed by atoms with van der Waals surface area (Å²) in [4.78, 5) is 0. The molecule has 5 rings (SSSR count). The van der Waals surface area contributed by atoms with Crippen LogP contribution in [0.3, 0.4) is 0 Å². The van der Waals surface area contributed by atoms with Gasteiger partial charge in [0.15, 0.2) is 11.0 Å². The highest BCUT2D eigenvalue weighted by molar-refractivity contribution is 7.98. The molecule has 170 valence electrons. The lowest BCUT2D eigenvalue weighted by Gasteiger charge is -2.12. The van der Waals surface area contributed by atoms with Crippen molar-refractivity contribution in [1.82, 2.24) is 25.0 Å². The van der Waals surface area contributed by atoms with Gasteiger partial charge in [0.25, 0.3) is 0 Å². The fraction of sp³-hybridized carbons (Fsp3) is 0.154. The summed E-state index contributed by atoms with van der Waals surface area (Å²) >= 11 is 1.53. The molecule has 0 saturated carbocycles. The van der Waals surface area contributed by atoms with E-state index in [0.29, 0.717) is 17.5 Å².